The van der Waals surface area contributed by atoms with Crippen molar-refractivity contribution in [2.75, 3.05) is 6.79 Å². The molecular weight excluding hydrogens is 336 g/mol. The third-order valence-electron chi connectivity index (χ3n) is 4.20. The fourth-order valence-corrected chi connectivity index (χ4v) is 2.82. The maximum absolute atomic E-state index is 12.4. The summed E-state index contributed by atoms with van der Waals surface area (Å²) in [5, 5.41) is 11.1. The van der Waals surface area contributed by atoms with Crippen LogP contribution in [0.3, 0.4) is 0 Å². The lowest BCUT2D eigenvalue weighted by molar-refractivity contribution is -0.122. The number of nitrogens with zero attached hydrogens (tertiary/aromatic N) is 3. The van der Waals surface area contributed by atoms with Crippen LogP contribution in [-0.2, 0) is 11.3 Å². The van der Waals surface area contributed by atoms with Gasteiger partial charge in [0, 0.05) is 0 Å². The fraction of sp³-hybridized carbons (Fsp3) is 0.222. The van der Waals surface area contributed by atoms with Crippen LogP contribution in [0.4, 0.5) is 0 Å². The van der Waals surface area contributed by atoms with Crippen LogP contribution in [0.25, 0.3) is 10.9 Å². The van der Waals surface area contributed by atoms with Gasteiger partial charge in [-0.3, -0.25) is 9.59 Å². The van der Waals surface area contributed by atoms with E-state index in [0.29, 0.717) is 22.4 Å². The van der Waals surface area contributed by atoms with E-state index in [0.717, 1.165) is 10.2 Å². The van der Waals surface area contributed by atoms with Gasteiger partial charge in [-0.25, -0.2) is 4.68 Å². The molecule has 1 aliphatic heterocycles. The Kier molecular flexibility index (Phi) is 4.00. The summed E-state index contributed by atoms with van der Waals surface area (Å²) in [5.41, 5.74) is 1.03. The Balaban J connectivity index is 1.49. The lowest BCUT2D eigenvalue weighted by Crippen LogP contribution is -2.35. The maximum Gasteiger partial charge on any atom is 0.278 e. The van der Waals surface area contributed by atoms with Gasteiger partial charge in [0.15, 0.2) is 11.5 Å². The lowest BCUT2D eigenvalue weighted by atomic mass is 10.1. The third-order valence-corrected chi connectivity index (χ3v) is 4.20. The number of fused-ring (bicyclic) bond motifs is 2. The van der Waals surface area contributed by atoms with Crippen LogP contribution in [0.1, 0.15) is 18.5 Å². The van der Waals surface area contributed by atoms with Crippen molar-refractivity contribution >= 4 is 16.8 Å². The number of amides is 1. The summed E-state index contributed by atoms with van der Waals surface area (Å²) in [4.78, 5) is 24.7. The molecule has 2 aromatic carbocycles. The summed E-state index contributed by atoms with van der Waals surface area (Å²) in [6, 6.07) is 12.1. The zero-order valence-corrected chi connectivity index (χ0v) is 14.0. The van der Waals surface area contributed by atoms with Crippen molar-refractivity contribution in [2.24, 2.45) is 0 Å². The van der Waals surface area contributed by atoms with E-state index in [9.17, 15) is 9.59 Å². The predicted octanol–water partition coefficient (Wildman–Crippen LogP) is 1.40. The monoisotopic (exact) mass is 352 g/mol. The van der Waals surface area contributed by atoms with E-state index in [1.54, 1.807) is 30.3 Å². The molecule has 0 radical (unpaired) electrons. The van der Waals surface area contributed by atoms with E-state index in [2.05, 4.69) is 15.6 Å². The molecule has 8 nitrogen and oxygen atoms in total. The topological polar surface area (TPSA) is 95.3 Å². The largest absolute Gasteiger partial charge is 0.454 e. The number of nitrogens with one attached hydrogen (secondary N) is 1. The van der Waals surface area contributed by atoms with E-state index in [1.807, 2.05) is 19.1 Å². The summed E-state index contributed by atoms with van der Waals surface area (Å²) in [7, 11) is 0. The van der Waals surface area contributed by atoms with E-state index in [1.165, 1.54) is 0 Å². The Hall–Kier alpha value is -3.42. The molecule has 1 aliphatic rings. The number of rotatable bonds is 4. The van der Waals surface area contributed by atoms with Gasteiger partial charge in [0.25, 0.3) is 5.56 Å². The molecule has 0 spiro atoms. The van der Waals surface area contributed by atoms with Crippen LogP contribution in [-0.4, -0.2) is 27.7 Å². The molecule has 0 saturated carbocycles. The van der Waals surface area contributed by atoms with Gasteiger partial charge in [0.05, 0.1) is 11.4 Å². The average molecular weight is 352 g/mol. The SMILES string of the molecule is C[C@H](NC(=O)Cn1nnc2ccccc2c1=O)c1ccc2c(c1)OCO2. The second-order valence-electron chi connectivity index (χ2n) is 5.97. The molecule has 26 heavy (non-hydrogen) atoms. The third kappa shape index (κ3) is 2.97. The molecule has 0 saturated heterocycles. The molecule has 0 unspecified atom stereocenters. The smallest absolute Gasteiger partial charge is 0.278 e. The highest BCUT2D eigenvalue weighted by molar-refractivity contribution is 5.78. The second kappa shape index (κ2) is 6.47. The van der Waals surface area contributed by atoms with Crippen LogP contribution in [0.5, 0.6) is 11.5 Å². The Labute approximate surface area is 148 Å². The predicted molar refractivity (Wildman–Crippen MR) is 92.9 cm³/mol. The van der Waals surface area contributed by atoms with Crippen molar-refractivity contribution in [3.63, 3.8) is 0 Å². The molecule has 8 heteroatoms. The van der Waals surface area contributed by atoms with E-state index < -0.39 is 0 Å². The van der Waals surface area contributed by atoms with Crippen molar-refractivity contribution in [1.29, 1.82) is 0 Å². The second-order valence-corrected chi connectivity index (χ2v) is 5.97. The molecular formula is C18H16N4O4. The van der Waals surface area contributed by atoms with E-state index in [-0.39, 0.29) is 30.8 Å². The maximum atomic E-state index is 12.4. The van der Waals surface area contributed by atoms with Gasteiger partial charge >= 0.3 is 0 Å². The molecule has 1 amide bonds. The number of hydrogen-bond donors (Lipinski definition) is 1. The van der Waals surface area contributed by atoms with E-state index in [4.69, 9.17) is 9.47 Å². The molecule has 1 aromatic heterocycles. The van der Waals surface area contributed by atoms with Crippen molar-refractivity contribution < 1.29 is 14.3 Å². The highest BCUT2D eigenvalue weighted by Gasteiger charge is 2.17. The highest BCUT2D eigenvalue weighted by atomic mass is 16.7. The van der Waals surface area contributed by atoms with Crippen LogP contribution >= 0.6 is 0 Å². The van der Waals surface area contributed by atoms with Gasteiger partial charge in [-0.15, -0.1) is 5.10 Å². The summed E-state index contributed by atoms with van der Waals surface area (Å²) in [5.74, 6) is 1.01. The molecule has 1 atom stereocenters. The fourth-order valence-electron chi connectivity index (χ4n) is 2.82. The Morgan fingerprint density at radius 3 is 2.92 bits per heavy atom. The Morgan fingerprint density at radius 2 is 2.04 bits per heavy atom. The van der Waals surface area contributed by atoms with Crippen molar-refractivity contribution in [3.05, 3.63) is 58.4 Å². The first-order chi connectivity index (χ1) is 12.6. The zero-order valence-electron chi connectivity index (χ0n) is 14.0. The molecule has 2 heterocycles. The Morgan fingerprint density at radius 1 is 1.23 bits per heavy atom. The number of carbonyl (C=O) groups excluding carboxylic acids is 1. The zero-order chi connectivity index (χ0) is 18.1. The number of hydrogen-bond acceptors (Lipinski definition) is 6. The molecule has 0 aliphatic carbocycles. The minimum atomic E-state index is -0.346. The number of aromatic nitrogens is 3. The molecule has 3 aromatic rings. The van der Waals surface area contributed by atoms with Gasteiger partial charge in [-0.2, -0.15) is 0 Å². The Bertz CT molecular complexity index is 1050. The van der Waals surface area contributed by atoms with Gasteiger partial charge in [0.2, 0.25) is 12.7 Å². The molecule has 1 N–H and O–H groups in total. The molecule has 4 rings (SSSR count). The van der Waals surface area contributed by atoms with Crippen molar-refractivity contribution in [1.82, 2.24) is 20.3 Å². The minimum Gasteiger partial charge on any atom is -0.454 e. The first-order valence-corrected chi connectivity index (χ1v) is 8.13. The van der Waals surface area contributed by atoms with Gasteiger partial charge in [-0.1, -0.05) is 23.4 Å². The first kappa shape index (κ1) is 16.1. The van der Waals surface area contributed by atoms with Crippen LogP contribution in [0, 0.1) is 0 Å². The van der Waals surface area contributed by atoms with Gasteiger partial charge in [-0.05, 0) is 36.8 Å². The summed E-state index contributed by atoms with van der Waals surface area (Å²) in [6.45, 7) is 1.85. The lowest BCUT2D eigenvalue weighted by Gasteiger charge is -2.15. The quantitative estimate of drug-likeness (QED) is 0.762. The number of benzene rings is 2. The molecule has 132 valence electrons. The highest BCUT2D eigenvalue weighted by Crippen LogP contribution is 2.34. The standard InChI is InChI=1S/C18H16N4O4/c1-11(12-6-7-15-16(8-12)26-10-25-15)19-17(23)9-22-18(24)13-4-2-3-5-14(13)20-21-22/h2-8,11H,9-10H2,1H3,(H,19,23)/t11-/m0/s1. The number of carbonyl (C=O) groups is 1. The first-order valence-electron chi connectivity index (χ1n) is 8.13. The average Bonchev–Trinajstić information content (AvgIpc) is 3.12. The van der Waals surface area contributed by atoms with Gasteiger partial charge in [0.1, 0.15) is 12.1 Å². The number of ether oxygens (including phenoxy) is 2. The normalized spacial score (nSPS) is 13.6. The van der Waals surface area contributed by atoms with Crippen molar-refractivity contribution in [3.8, 4) is 11.5 Å². The summed E-state index contributed by atoms with van der Waals surface area (Å²) < 4.78 is 11.7. The van der Waals surface area contributed by atoms with Crippen molar-refractivity contribution in [2.45, 2.75) is 19.5 Å². The van der Waals surface area contributed by atoms with Crippen LogP contribution in [0.15, 0.2) is 47.3 Å². The molecule has 0 fully saturated rings. The summed E-state index contributed by atoms with van der Waals surface area (Å²) in [6.07, 6.45) is 0. The van der Waals surface area contributed by atoms with Crippen LogP contribution < -0.4 is 20.3 Å². The summed E-state index contributed by atoms with van der Waals surface area (Å²) >= 11 is 0. The van der Waals surface area contributed by atoms with E-state index >= 15 is 0 Å². The van der Waals surface area contributed by atoms with Gasteiger partial charge < -0.3 is 14.8 Å². The minimum absolute atomic E-state index is 0.197. The van der Waals surface area contributed by atoms with Crippen LogP contribution in [0.2, 0.25) is 0 Å². The molecule has 0 bridgehead atoms.